The second-order valence-electron chi connectivity index (χ2n) is 4.37. The Morgan fingerprint density at radius 2 is 1.71 bits per heavy atom. The van der Waals surface area contributed by atoms with Gasteiger partial charge in [0.05, 0.1) is 19.8 Å². The highest BCUT2D eigenvalue weighted by molar-refractivity contribution is 5.31. The number of rotatable bonds is 4. The Bertz CT molecular complexity index is 395. The molecule has 0 bridgehead atoms. The van der Waals surface area contributed by atoms with E-state index in [-0.39, 0.29) is 13.0 Å². The third kappa shape index (κ3) is 4.83. The van der Waals surface area contributed by atoms with Crippen molar-refractivity contribution in [2.45, 2.75) is 31.0 Å². The van der Waals surface area contributed by atoms with Gasteiger partial charge in [-0.25, -0.2) is 0 Å². The lowest BCUT2D eigenvalue weighted by Crippen LogP contribution is -2.51. The molecule has 120 valence electrons. The van der Waals surface area contributed by atoms with E-state index in [0.717, 1.165) is 7.11 Å². The quantitative estimate of drug-likeness (QED) is 0.594. The second-order valence-corrected chi connectivity index (χ2v) is 4.37. The highest BCUT2D eigenvalue weighted by Gasteiger charge is 2.37. The zero-order valence-corrected chi connectivity index (χ0v) is 12.0. The zero-order chi connectivity index (χ0) is 15.8. The van der Waals surface area contributed by atoms with Crippen LogP contribution in [0.25, 0.3) is 0 Å². The Hall–Kier alpha value is -1.38. The van der Waals surface area contributed by atoms with Crippen LogP contribution in [0.2, 0.25) is 0 Å². The van der Waals surface area contributed by atoms with Gasteiger partial charge in [0.1, 0.15) is 23.7 Å². The van der Waals surface area contributed by atoms with Crippen LogP contribution in [0.3, 0.4) is 0 Å². The van der Waals surface area contributed by atoms with Crippen LogP contribution >= 0.6 is 0 Å². The number of ether oxygens (including phenoxy) is 3. The SMILES string of the molecule is CO.COc1ccc(O[C@H]2C[C@@H](O)[C@H](O)C(CO)O2)cc1. The molecule has 1 saturated heterocycles. The summed E-state index contributed by atoms with van der Waals surface area (Å²) in [5, 5.41) is 35.3. The van der Waals surface area contributed by atoms with E-state index in [9.17, 15) is 10.2 Å². The maximum absolute atomic E-state index is 9.67. The molecule has 1 unspecified atom stereocenters. The lowest BCUT2D eigenvalue weighted by Gasteiger charge is -2.36. The normalized spacial score (nSPS) is 28.3. The summed E-state index contributed by atoms with van der Waals surface area (Å²) >= 11 is 0. The van der Waals surface area contributed by atoms with E-state index >= 15 is 0 Å². The highest BCUT2D eigenvalue weighted by Crippen LogP contribution is 2.24. The third-order valence-electron chi connectivity index (χ3n) is 3.04. The van der Waals surface area contributed by atoms with Crippen molar-refractivity contribution in [3.05, 3.63) is 24.3 Å². The van der Waals surface area contributed by atoms with Gasteiger partial charge >= 0.3 is 0 Å². The van der Waals surface area contributed by atoms with Gasteiger partial charge in [0.15, 0.2) is 0 Å². The summed E-state index contributed by atoms with van der Waals surface area (Å²) < 4.78 is 15.9. The molecule has 4 atom stereocenters. The van der Waals surface area contributed by atoms with Crippen molar-refractivity contribution in [3.8, 4) is 11.5 Å². The summed E-state index contributed by atoms with van der Waals surface area (Å²) in [7, 11) is 2.57. The predicted molar refractivity (Wildman–Crippen MR) is 74.1 cm³/mol. The number of hydrogen-bond acceptors (Lipinski definition) is 7. The molecule has 7 nitrogen and oxygen atoms in total. The zero-order valence-electron chi connectivity index (χ0n) is 12.0. The van der Waals surface area contributed by atoms with Gasteiger partial charge in [-0.15, -0.1) is 0 Å². The molecule has 0 amide bonds. The van der Waals surface area contributed by atoms with Crippen molar-refractivity contribution in [3.63, 3.8) is 0 Å². The Labute approximate surface area is 123 Å². The van der Waals surface area contributed by atoms with E-state index in [1.807, 2.05) is 0 Å². The van der Waals surface area contributed by atoms with E-state index < -0.39 is 24.6 Å². The summed E-state index contributed by atoms with van der Waals surface area (Å²) in [6.07, 6.45) is -3.48. The van der Waals surface area contributed by atoms with Crippen LogP contribution in [0.1, 0.15) is 6.42 Å². The minimum Gasteiger partial charge on any atom is -0.497 e. The molecule has 1 aromatic rings. The fourth-order valence-corrected chi connectivity index (χ4v) is 1.95. The molecule has 4 N–H and O–H groups in total. The molecule has 0 radical (unpaired) electrons. The van der Waals surface area contributed by atoms with Gasteiger partial charge in [0.25, 0.3) is 0 Å². The Kier molecular flexibility index (Phi) is 7.41. The molecule has 1 aliphatic heterocycles. The molecule has 7 heteroatoms. The van der Waals surface area contributed by atoms with Gasteiger partial charge < -0.3 is 34.6 Å². The largest absolute Gasteiger partial charge is 0.497 e. The van der Waals surface area contributed by atoms with Crippen molar-refractivity contribution >= 4 is 0 Å². The van der Waals surface area contributed by atoms with E-state index in [0.29, 0.717) is 11.5 Å². The summed E-state index contributed by atoms with van der Waals surface area (Å²) in [6.45, 7) is -0.374. The van der Waals surface area contributed by atoms with Crippen molar-refractivity contribution in [1.29, 1.82) is 0 Å². The smallest absolute Gasteiger partial charge is 0.202 e. The third-order valence-corrected chi connectivity index (χ3v) is 3.04. The standard InChI is InChI=1S/C13H18O6.CH4O/c1-17-8-2-4-9(5-3-8)18-12-6-10(15)13(16)11(7-14)19-12;1-2/h2-5,10-16H,6-7H2,1H3;2H,1H3/t10-,11?,12-,13+;/m1./s1. The van der Waals surface area contributed by atoms with Gasteiger partial charge in [-0.3, -0.25) is 0 Å². The molecular formula is C14H22O7. The van der Waals surface area contributed by atoms with Crippen molar-refractivity contribution < 1.29 is 34.6 Å². The van der Waals surface area contributed by atoms with Gasteiger partial charge in [-0.1, -0.05) is 0 Å². The Morgan fingerprint density at radius 3 is 2.24 bits per heavy atom. The molecule has 0 aromatic heterocycles. The molecule has 1 aromatic carbocycles. The number of aliphatic hydroxyl groups is 4. The summed E-state index contributed by atoms with van der Waals surface area (Å²) in [6, 6.07) is 6.92. The lowest BCUT2D eigenvalue weighted by atomic mass is 10.0. The maximum Gasteiger partial charge on any atom is 0.202 e. The van der Waals surface area contributed by atoms with E-state index in [4.69, 9.17) is 24.4 Å². The van der Waals surface area contributed by atoms with Gasteiger partial charge in [0.2, 0.25) is 6.29 Å². The van der Waals surface area contributed by atoms with Gasteiger partial charge in [-0.2, -0.15) is 0 Å². The lowest BCUT2D eigenvalue weighted by molar-refractivity contribution is -0.229. The van der Waals surface area contributed by atoms with Crippen LogP contribution in [0.5, 0.6) is 11.5 Å². The first-order chi connectivity index (χ1) is 10.1. The first-order valence-electron chi connectivity index (χ1n) is 6.52. The van der Waals surface area contributed by atoms with Gasteiger partial charge in [0, 0.05) is 13.5 Å². The van der Waals surface area contributed by atoms with E-state index in [1.54, 1.807) is 31.4 Å². The summed E-state index contributed by atoms with van der Waals surface area (Å²) in [5.74, 6) is 1.27. The number of aliphatic hydroxyl groups excluding tert-OH is 4. The predicted octanol–water partition coefficient (Wildman–Crippen LogP) is -0.488. The van der Waals surface area contributed by atoms with Crippen molar-refractivity contribution in [2.24, 2.45) is 0 Å². The topological polar surface area (TPSA) is 109 Å². The molecular weight excluding hydrogens is 280 g/mol. The molecule has 1 heterocycles. The highest BCUT2D eigenvalue weighted by atomic mass is 16.7. The molecule has 0 aliphatic carbocycles. The minimum atomic E-state index is -1.10. The summed E-state index contributed by atoms with van der Waals surface area (Å²) in [5.41, 5.74) is 0. The molecule has 0 spiro atoms. The molecule has 0 saturated carbocycles. The van der Waals surface area contributed by atoms with Crippen LogP contribution in [0, 0.1) is 0 Å². The molecule has 1 fully saturated rings. The summed E-state index contributed by atoms with van der Waals surface area (Å²) in [4.78, 5) is 0. The fourth-order valence-electron chi connectivity index (χ4n) is 1.95. The van der Waals surface area contributed by atoms with Crippen LogP contribution in [0.4, 0.5) is 0 Å². The molecule has 2 rings (SSSR count). The minimum absolute atomic E-state index is 0.143. The Balaban J connectivity index is 0.00000106. The van der Waals surface area contributed by atoms with Crippen LogP contribution < -0.4 is 9.47 Å². The fraction of sp³-hybridized carbons (Fsp3) is 0.571. The average molecular weight is 302 g/mol. The second kappa shape index (κ2) is 8.81. The average Bonchev–Trinajstić information content (AvgIpc) is 2.53. The van der Waals surface area contributed by atoms with Crippen LogP contribution in [0.15, 0.2) is 24.3 Å². The Morgan fingerprint density at radius 1 is 1.14 bits per heavy atom. The maximum atomic E-state index is 9.67. The molecule has 21 heavy (non-hydrogen) atoms. The van der Waals surface area contributed by atoms with Crippen molar-refractivity contribution in [1.82, 2.24) is 0 Å². The first kappa shape index (κ1) is 17.7. The first-order valence-corrected chi connectivity index (χ1v) is 6.52. The van der Waals surface area contributed by atoms with Crippen LogP contribution in [-0.4, -0.2) is 65.9 Å². The molecule has 1 aliphatic rings. The number of benzene rings is 1. The number of methoxy groups -OCH3 is 1. The van der Waals surface area contributed by atoms with E-state index in [1.165, 1.54) is 0 Å². The number of hydrogen-bond donors (Lipinski definition) is 4. The van der Waals surface area contributed by atoms with E-state index in [2.05, 4.69) is 0 Å². The van der Waals surface area contributed by atoms with Gasteiger partial charge in [-0.05, 0) is 24.3 Å². The van der Waals surface area contributed by atoms with Crippen LogP contribution in [-0.2, 0) is 4.74 Å². The van der Waals surface area contributed by atoms with Crippen molar-refractivity contribution in [2.75, 3.05) is 20.8 Å². The monoisotopic (exact) mass is 302 g/mol.